The molecular formula is C17H16ClN3. The van der Waals surface area contributed by atoms with Gasteiger partial charge in [-0.25, -0.2) is 4.98 Å². The summed E-state index contributed by atoms with van der Waals surface area (Å²) < 4.78 is 1.99. The Morgan fingerprint density at radius 2 is 1.90 bits per heavy atom. The Balaban J connectivity index is 1.88. The van der Waals surface area contributed by atoms with Gasteiger partial charge in [-0.1, -0.05) is 48.0 Å². The molecule has 0 fully saturated rings. The van der Waals surface area contributed by atoms with Gasteiger partial charge in [-0.05, 0) is 30.2 Å². The average molecular weight is 298 g/mol. The van der Waals surface area contributed by atoms with Crippen LogP contribution in [0.15, 0.2) is 67.1 Å². The van der Waals surface area contributed by atoms with Crippen molar-refractivity contribution in [1.29, 1.82) is 0 Å². The lowest BCUT2D eigenvalue weighted by atomic mass is 10.0. The summed E-state index contributed by atoms with van der Waals surface area (Å²) in [5, 5.41) is 0.698. The maximum Gasteiger partial charge on any atom is 0.0994 e. The van der Waals surface area contributed by atoms with Gasteiger partial charge in [0.2, 0.25) is 0 Å². The van der Waals surface area contributed by atoms with Crippen LogP contribution in [0.25, 0.3) is 5.69 Å². The Morgan fingerprint density at radius 1 is 1.10 bits per heavy atom. The number of nitrogens with two attached hydrogens (primary N) is 1. The predicted molar refractivity (Wildman–Crippen MR) is 85.6 cm³/mol. The van der Waals surface area contributed by atoms with E-state index in [9.17, 15) is 0 Å². The molecule has 0 saturated heterocycles. The predicted octanol–water partition coefficient (Wildman–Crippen LogP) is 3.77. The topological polar surface area (TPSA) is 43.8 Å². The lowest BCUT2D eigenvalue weighted by molar-refractivity contribution is 0.679. The molecule has 0 radical (unpaired) electrons. The highest BCUT2D eigenvalue weighted by Crippen LogP contribution is 2.21. The van der Waals surface area contributed by atoms with Crippen molar-refractivity contribution in [2.45, 2.75) is 12.5 Å². The summed E-state index contributed by atoms with van der Waals surface area (Å²) >= 11 is 6.06. The van der Waals surface area contributed by atoms with Crippen molar-refractivity contribution in [3.8, 4) is 5.69 Å². The van der Waals surface area contributed by atoms with Crippen LogP contribution >= 0.6 is 11.6 Å². The number of halogens is 1. The van der Waals surface area contributed by atoms with Crippen molar-refractivity contribution in [3.05, 3.63) is 83.4 Å². The van der Waals surface area contributed by atoms with Crippen molar-refractivity contribution < 1.29 is 0 Å². The van der Waals surface area contributed by atoms with Gasteiger partial charge in [0.25, 0.3) is 0 Å². The summed E-state index contributed by atoms with van der Waals surface area (Å²) in [7, 11) is 0. The molecule has 3 nitrogen and oxygen atoms in total. The monoisotopic (exact) mass is 297 g/mol. The van der Waals surface area contributed by atoms with Crippen LogP contribution in [0.2, 0.25) is 5.02 Å². The largest absolute Gasteiger partial charge is 0.322 e. The molecule has 0 aliphatic carbocycles. The van der Waals surface area contributed by atoms with Crippen LogP contribution in [0.4, 0.5) is 0 Å². The zero-order chi connectivity index (χ0) is 14.7. The highest BCUT2D eigenvalue weighted by molar-refractivity contribution is 6.30. The van der Waals surface area contributed by atoms with Crippen LogP contribution in [-0.4, -0.2) is 9.55 Å². The van der Waals surface area contributed by atoms with Crippen LogP contribution in [0, 0.1) is 0 Å². The molecular weight excluding hydrogens is 282 g/mol. The Bertz CT molecular complexity index is 722. The van der Waals surface area contributed by atoms with E-state index < -0.39 is 0 Å². The first-order chi connectivity index (χ1) is 10.2. The van der Waals surface area contributed by atoms with Gasteiger partial charge in [0, 0.05) is 10.7 Å². The minimum absolute atomic E-state index is 0.117. The molecule has 1 aromatic heterocycles. The molecule has 1 atom stereocenters. The fourth-order valence-corrected chi connectivity index (χ4v) is 2.58. The van der Waals surface area contributed by atoms with E-state index in [0.29, 0.717) is 5.02 Å². The number of aromatic nitrogens is 2. The number of rotatable bonds is 4. The molecule has 3 rings (SSSR count). The first kappa shape index (κ1) is 13.9. The number of benzene rings is 2. The zero-order valence-corrected chi connectivity index (χ0v) is 12.2. The third-order valence-corrected chi connectivity index (χ3v) is 3.67. The molecule has 0 unspecified atom stereocenters. The van der Waals surface area contributed by atoms with Crippen molar-refractivity contribution >= 4 is 11.6 Å². The maximum absolute atomic E-state index is 6.35. The van der Waals surface area contributed by atoms with Crippen molar-refractivity contribution in [2.24, 2.45) is 5.73 Å². The smallest absolute Gasteiger partial charge is 0.0994 e. The lowest BCUT2D eigenvalue weighted by Gasteiger charge is -2.15. The van der Waals surface area contributed by atoms with Crippen LogP contribution in [0.1, 0.15) is 17.3 Å². The first-order valence-corrected chi connectivity index (χ1v) is 7.19. The quantitative estimate of drug-likeness (QED) is 0.796. The Labute approximate surface area is 129 Å². The van der Waals surface area contributed by atoms with Gasteiger partial charge in [-0.15, -0.1) is 0 Å². The average Bonchev–Trinajstić information content (AvgIpc) is 2.98. The second-order valence-electron chi connectivity index (χ2n) is 4.96. The summed E-state index contributed by atoms with van der Waals surface area (Å²) in [4.78, 5) is 4.23. The third kappa shape index (κ3) is 3.15. The van der Waals surface area contributed by atoms with E-state index in [2.05, 4.69) is 17.1 Å². The molecule has 0 aliphatic heterocycles. The normalized spacial score (nSPS) is 12.3. The molecule has 3 aromatic rings. The molecule has 0 aliphatic rings. The first-order valence-electron chi connectivity index (χ1n) is 6.82. The molecule has 0 saturated carbocycles. The van der Waals surface area contributed by atoms with Gasteiger partial charge < -0.3 is 10.3 Å². The Morgan fingerprint density at radius 3 is 2.67 bits per heavy atom. The fourth-order valence-electron chi connectivity index (χ4n) is 2.39. The summed E-state index contributed by atoms with van der Waals surface area (Å²) in [5.74, 6) is 0. The van der Waals surface area contributed by atoms with Crippen LogP contribution in [0.5, 0.6) is 0 Å². The molecule has 2 N–H and O–H groups in total. The standard InChI is InChI=1S/C17H16ClN3/c18-14-7-4-8-15(10-14)21-12-20-11-17(21)16(19)9-13-5-2-1-3-6-13/h1-8,10-12,16H,9,19H2/t16-/m1/s1. The number of hydrogen-bond donors (Lipinski definition) is 1. The molecule has 0 spiro atoms. The summed E-state index contributed by atoms with van der Waals surface area (Å²) in [6.45, 7) is 0. The summed E-state index contributed by atoms with van der Waals surface area (Å²) in [6, 6.07) is 17.8. The molecule has 1 heterocycles. The SMILES string of the molecule is N[C@H](Cc1ccccc1)c1cncn1-c1cccc(Cl)c1. The zero-order valence-electron chi connectivity index (χ0n) is 11.5. The molecule has 0 bridgehead atoms. The van der Waals surface area contributed by atoms with E-state index >= 15 is 0 Å². The van der Waals surface area contributed by atoms with Gasteiger partial charge in [0.1, 0.15) is 0 Å². The number of imidazole rings is 1. The molecule has 4 heteroatoms. The van der Waals surface area contributed by atoms with Crippen molar-refractivity contribution in [1.82, 2.24) is 9.55 Å². The minimum atomic E-state index is -0.117. The van der Waals surface area contributed by atoms with Gasteiger partial charge in [-0.3, -0.25) is 0 Å². The Hall–Kier alpha value is -2.10. The van der Waals surface area contributed by atoms with E-state index in [-0.39, 0.29) is 6.04 Å². The highest BCUT2D eigenvalue weighted by Gasteiger charge is 2.13. The van der Waals surface area contributed by atoms with Crippen molar-refractivity contribution in [3.63, 3.8) is 0 Å². The van der Waals surface area contributed by atoms with E-state index in [1.807, 2.05) is 53.2 Å². The van der Waals surface area contributed by atoms with Crippen LogP contribution in [0.3, 0.4) is 0 Å². The second kappa shape index (κ2) is 6.12. The minimum Gasteiger partial charge on any atom is -0.322 e. The summed E-state index contributed by atoms with van der Waals surface area (Å²) in [5.41, 5.74) is 9.51. The van der Waals surface area contributed by atoms with E-state index in [0.717, 1.165) is 17.8 Å². The lowest BCUT2D eigenvalue weighted by Crippen LogP contribution is -2.17. The van der Waals surface area contributed by atoms with E-state index in [4.69, 9.17) is 17.3 Å². The Kier molecular flexibility index (Phi) is 4.04. The molecule has 2 aromatic carbocycles. The van der Waals surface area contributed by atoms with Gasteiger partial charge in [0.05, 0.1) is 24.3 Å². The van der Waals surface area contributed by atoms with Crippen molar-refractivity contribution in [2.75, 3.05) is 0 Å². The van der Waals surface area contributed by atoms with Crippen LogP contribution < -0.4 is 5.73 Å². The third-order valence-electron chi connectivity index (χ3n) is 3.43. The van der Waals surface area contributed by atoms with Gasteiger partial charge >= 0.3 is 0 Å². The molecule has 0 amide bonds. The second-order valence-corrected chi connectivity index (χ2v) is 5.40. The van der Waals surface area contributed by atoms with Crippen LogP contribution in [-0.2, 0) is 6.42 Å². The maximum atomic E-state index is 6.35. The number of hydrogen-bond acceptors (Lipinski definition) is 2. The fraction of sp³-hybridized carbons (Fsp3) is 0.118. The van der Waals surface area contributed by atoms with Gasteiger partial charge in [-0.2, -0.15) is 0 Å². The molecule has 106 valence electrons. The van der Waals surface area contributed by atoms with E-state index in [1.165, 1.54) is 5.56 Å². The summed E-state index contributed by atoms with van der Waals surface area (Å²) in [6.07, 6.45) is 4.35. The highest BCUT2D eigenvalue weighted by atomic mass is 35.5. The number of nitrogens with zero attached hydrogens (tertiary/aromatic N) is 2. The molecule has 21 heavy (non-hydrogen) atoms. The van der Waals surface area contributed by atoms with E-state index in [1.54, 1.807) is 6.33 Å². The van der Waals surface area contributed by atoms with Gasteiger partial charge in [0.15, 0.2) is 0 Å².